The van der Waals surface area contributed by atoms with Crippen LogP contribution in [0.2, 0.25) is 0 Å². The van der Waals surface area contributed by atoms with E-state index in [-0.39, 0.29) is 24.8 Å². The molecule has 0 saturated carbocycles. The van der Waals surface area contributed by atoms with Crippen molar-refractivity contribution in [3.8, 4) is 11.3 Å². The van der Waals surface area contributed by atoms with Crippen molar-refractivity contribution in [2.75, 3.05) is 13.1 Å². The molecule has 3 aromatic rings. The number of carbonyl (C=O) groups is 1. The Hall–Kier alpha value is -2.74. The zero-order valence-electron chi connectivity index (χ0n) is 20.7. The van der Waals surface area contributed by atoms with Crippen LogP contribution in [0.5, 0.6) is 0 Å². The maximum Gasteiger partial charge on any atom is 0.241 e. The number of hydrogen-bond donors (Lipinski definition) is 2. The first-order valence-corrected chi connectivity index (χ1v) is 12.1. The first kappa shape index (κ1) is 26.9. The van der Waals surface area contributed by atoms with Crippen LogP contribution < -0.4 is 5.73 Å². The van der Waals surface area contributed by atoms with Gasteiger partial charge in [0.15, 0.2) is 0 Å². The summed E-state index contributed by atoms with van der Waals surface area (Å²) in [6.45, 7) is 8.16. The van der Waals surface area contributed by atoms with Crippen molar-refractivity contribution < 1.29 is 14.3 Å². The van der Waals surface area contributed by atoms with Crippen LogP contribution in [0.3, 0.4) is 0 Å². The van der Waals surface area contributed by atoms with E-state index in [1.54, 1.807) is 24.0 Å². The van der Waals surface area contributed by atoms with Gasteiger partial charge in [0.05, 0.1) is 17.8 Å². The van der Waals surface area contributed by atoms with Gasteiger partial charge < -0.3 is 20.3 Å². The number of alkyl halides is 1. The number of nitrogens with zero attached hydrogens (tertiary/aromatic N) is 3. The summed E-state index contributed by atoms with van der Waals surface area (Å²) in [7, 11) is 0. The van der Waals surface area contributed by atoms with Gasteiger partial charge in [-0.25, -0.2) is 9.37 Å². The maximum absolute atomic E-state index is 14.0. The molecule has 1 aromatic heterocycles. The third-order valence-electron chi connectivity index (χ3n) is 5.80. The number of imidazole rings is 1. The molecule has 1 heterocycles. The molecule has 0 radical (unpaired) electrons. The molecular formula is C27H34ClFN4O2. The number of aliphatic hydroxyl groups is 1. The summed E-state index contributed by atoms with van der Waals surface area (Å²) >= 11 is 6.25. The third kappa shape index (κ3) is 6.69. The number of aromatic nitrogens is 2. The van der Waals surface area contributed by atoms with Gasteiger partial charge in [-0.05, 0) is 30.0 Å². The minimum absolute atomic E-state index is 0.00427. The molecule has 0 aliphatic carbocycles. The van der Waals surface area contributed by atoms with E-state index in [9.17, 15) is 14.3 Å². The highest BCUT2D eigenvalue weighted by molar-refractivity contribution is 6.30. The van der Waals surface area contributed by atoms with Crippen LogP contribution in [0.25, 0.3) is 11.3 Å². The van der Waals surface area contributed by atoms with Gasteiger partial charge in [0.25, 0.3) is 0 Å². The van der Waals surface area contributed by atoms with Crippen LogP contribution in [0.4, 0.5) is 4.39 Å². The molecule has 3 atom stereocenters. The highest BCUT2D eigenvalue weighted by Crippen LogP contribution is 2.39. The summed E-state index contributed by atoms with van der Waals surface area (Å²) < 4.78 is 16.0. The summed E-state index contributed by atoms with van der Waals surface area (Å²) in [4.78, 5) is 19.8. The van der Waals surface area contributed by atoms with Crippen molar-refractivity contribution in [2.45, 2.75) is 51.8 Å². The molecule has 35 heavy (non-hydrogen) atoms. The predicted molar refractivity (Wildman–Crippen MR) is 137 cm³/mol. The first-order chi connectivity index (χ1) is 16.5. The molecule has 188 valence electrons. The van der Waals surface area contributed by atoms with E-state index in [2.05, 4.69) is 0 Å². The second-order valence-corrected chi connectivity index (χ2v) is 10.5. The number of nitrogens with two attached hydrogens (primary N) is 1. The molecule has 3 unspecified atom stereocenters. The van der Waals surface area contributed by atoms with E-state index in [0.717, 1.165) is 5.56 Å². The summed E-state index contributed by atoms with van der Waals surface area (Å²) in [6.07, 6.45) is 0.960. The van der Waals surface area contributed by atoms with Crippen molar-refractivity contribution in [3.63, 3.8) is 0 Å². The molecule has 3 N–H and O–H groups in total. The van der Waals surface area contributed by atoms with Crippen molar-refractivity contribution in [2.24, 2.45) is 11.1 Å². The second kappa shape index (κ2) is 11.3. The fourth-order valence-corrected chi connectivity index (χ4v) is 4.31. The smallest absolute Gasteiger partial charge is 0.241 e. The van der Waals surface area contributed by atoms with Crippen molar-refractivity contribution in [1.29, 1.82) is 0 Å². The van der Waals surface area contributed by atoms with Gasteiger partial charge >= 0.3 is 0 Å². The minimum Gasteiger partial charge on any atom is -0.390 e. The highest BCUT2D eigenvalue weighted by Gasteiger charge is 2.40. The molecule has 3 rings (SSSR count). The highest BCUT2D eigenvalue weighted by atomic mass is 35.5. The molecule has 0 bridgehead atoms. The van der Waals surface area contributed by atoms with Crippen LogP contribution in [0.15, 0.2) is 60.8 Å². The lowest BCUT2D eigenvalue weighted by atomic mass is 9.84. The average Bonchev–Trinajstić information content (AvgIpc) is 3.20. The molecule has 0 saturated heterocycles. The van der Waals surface area contributed by atoms with Gasteiger partial charge in [0.2, 0.25) is 5.91 Å². The molecule has 2 aromatic carbocycles. The Bertz CT molecular complexity index is 1130. The zero-order chi connectivity index (χ0) is 25.8. The van der Waals surface area contributed by atoms with E-state index < -0.39 is 22.9 Å². The van der Waals surface area contributed by atoms with Crippen molar-refractivity contribution in [3.05, 3.63) is 78.0 Å². The molecule has 0 aliphatic rings. The van der Waals surface area contributed by atoms with E-state index >= 15 is 0 Å². The molecular weight excluding hydrogens is 467 g/mol. The Morgan fingerprint density at radius 1 is 1.20 bits per heavy atom. The van der Waals surface area contributed by atoms with Gasteiger partial charge in [0.1, 0.15) is 17.0 Å². The lowest BCUT2D eigenvalue weighted by Gasteiger charge is -2.41. The quantitative estimate of drug-likeness (QED) is 0.420. The Morgan fingerprint density at radius 3 is 2.46 bits per heavy atom. The standard InChI is InChI=1S/C27H34ClFN4O2/c1-18(28)26(35)33(16-22(34)14-30)24(27(2,3)4)25-31-23(20-11-8-12-21(29)13-20)17-32(25)15-19-9-6-5-7-10-19/h5-13,17-18,22,24,34H,14-16,30H2,1-4H3. The van der Waals surface area contributed by atoms with Crippen LogP contribution in [0, 0.1) is 11.2 Å². The lowest BCUT2D eigenvalue weighted by molar-refractivity contribution is -0.137. The molecule has 0 fully saturated rings. The number of aliphatic hydroxyl groups excluding tert-OH is 1. The number of halogens is 2. The fourth-order valence-electron chi connectivity index (χ4n) is 4.19. The SMILES string of the molecule is CC(Cl)C(=O)N(CC(O)CN)C(c1nc(-c2cccc(F)c2)cn1Cc1ccccc1)C(C)(C)C. The first-order valence-electron chi connectivity index (χ1n) is 11.7. The Kier molecular flexibility index (Phi) is 8.70. The largest absolute Gasteiger partial charge is 0.390 e. The Balaban J connectivity index is 2.20. The molecule has 1 amide bonds. The third-order valence-corrected chi connectivity index (χ3v) is 5.99. The van der Waals surface area contributed by atoms with Gasteiger partial charge in [-0.2, -0.15) is 0 Å². The van der Waals surface area contributed by atoms with E-state index in [0.29, 0.717) is 23.6 Å². The van der Waals surface area contributed by atoms with E-state index in [1.807, 2.05) is 61.9 Å². The van der Waals surface area contributed by atoms with Crippen LogP contribution in [-0.4, -0.2) is 50.0 Å². The fraction of sp³-hybridized carbons (Fsp3) is 0.407. The molecule has 0 aliphatic heterocycles. The maximum atomic E-state index is 14.0. The summed E-state index contributed by atoms with van der Waals surface area (Å²) in [5.41, 5.74) is 7.50. The van der Waals surface area contributed by atoms with Gasteiger partial charge in [-0.15, -0.1) is 11.6 Å². The van der Waals surface area contributed by atoms with Crippen LogP contribution in [0.1, 0.15) is 45.1 Å². The van der Waals surface area contributed by atoms with Crippen molar-refractivity contribution in [1.82, 2.24) is 14.5 Å². The summed E-state index contributed by atoms with van der Waals surface area (Å²) in [6, 6.07) is 15.6. The predicted octanol–water partition coefficient (Wildman–Crippen LogP) is 4.60. The average molecular weight is 501 g/mol. The van der Waals surface area contributed by atoms with E-state index in [4.69, 9.17) is 22.3 Å². The normalized spacial score (nSPS) is 14.4. The Morgan fingerprint density at radius 2 is 1.89 bits per heavy atom. The van der Waals surface area contributed by atoms with Gasteiger partial charge in [-0.1, -0.05) is 63.2 Å². The monoisotopic (exact) mass is 500 g/mol. The number of benzene rings is 2. The summed E-state index contributed by atoms with van der Waals surface area (Å²) in [5, 5.41) is 9.61. The molecule has 6 nitrogen and oxygen atoms in total. The number of carbonyl (C=O) groups excluding carboxylic acids is 1. The number of rotatable bonds is 9. The Labute approximate surface area is 211 Å². The minimum atomic E-state index is -0.917. The zero-order valence-corrected chi connectivity index (χ0v) is 21.4. The topological polar surface area (TPSA) is 84.4 Å². The summed E-state index contributed by atoms with van der Waals surface area (Å²) in [5.74, 6) is -0.0518. The van der Waals surface area contributed by atoms with Crippen LogP contribution >= 0.6 is 11.6 Å². The van der Waals surface area contributed by atoms with Crippen LogP contribution in [-0.2, 0) is 11.3 Å². The van der Waals surface area contributed by atoms with Gasteiger partial charge in [-0.3, -0.25) is 4.79 Å². The number of amides is 1. The second-order valence-electron chi connectivity index (χ2n) is 9.87. The number of hydrogen-bond acceptors (Lipinski definition) is 4. The van der Waals surface area contributed by atoms with Gasteiger partial charge in [0, 0.05) is 31.4 Å². The lowest BCUT2D eigenvalue weighted by Crippen LogP contribution is -2.49. The molecule has 0 spiro atoms. The molecule has 8 heteroatoms. The van der Waals surface area contributed by atoms with E-state index in [1.165, 1.54) is 12.1 Å². The van der Waals surface area contributed by atoms with Crippen molar-refractivity contribution >= 4 is 17.5 Å².